The van der Waals surface area contributed by atoms with Crippen LogP contribution in [0.4, 0.5) is 0 Å². The Bertz CT molecular complexity index is 165. The molecule has 0 fully saturated rings. The first kappa shape index (κ1) is 14.3. The molecule has 15 heavy (non-hydrogen) atoms. The van der Waals surface area contributed by atoms with Crippen molar-refractivity contribution in [2.24, 2.45) is 0 Å². The van der Waals surface area contributed by atoms with E-state index in [0.29, 0.717) is 32.8 Å². The number of carbonyl (C=O) groups excluding carboxylic acids is 1. The van der Waals surface area contributed by atoms with Gasteiger partial charge >= 0.3 is 0 Å². The van der Waals surface area contributed by atoms with Crippen molar-refractivity contribution in [3.05, 3.63) is 0 Å². The van der Waals surface area contributed by atoms with Gasteiger partial charge in [-0.25, -0.2) is 0 Å². The maximum Gasteiger partial charge on any atom is 0.234 e. The highest BCUT2D eigenvalue weighted by molar-refractivity contribution is 5.77. The van der Waals surface area contributed by atoms with Gasteiger partial charge in [0.25, 0.3) is 0 Å². The molecule has 1 atom stereocenters. The number of amides is 1. The molecule has 0 saturated heterocycles. The lowest BCUT2D eigenvalue weighted by Gasteiger charge is -2.12. The van der Waals surface area contributed by atoms with Gasteiger partial charge in [-0.15, -0.1) is 0 Å². The van der Waals surface area contributed by atoms with Crippen molar-refractivity contribution in [2.75, 3.05) is 40.0 Å². The first-order valence-electron chi connectivity index (χ1n) is 5.28. The molecule has 5 nitrogen and oxygen atoms in total. The quantitative estimate of drug-likeness (QED) is 0.525. The van der Waals surface area contributed by atoms with Crippen LogP contribution in [0.5, 0.6) is 0 Å². The zero-order valence-electron chi connectivity index (χ0n) is 9.84. The fourth-order valence-corrected chi connectivity index (χ4v) is 1.04. The summed E-state index contributed by atoms with van der Waals surface area (Å²) in [6.07, 6.45) is 0.0675. The van der Waals surface area contributed by atoms with Crippen LogP contribution < -0.4 is 10.6 Å². The second-order valence-electron chi connectivity index (χ2n) is 3.24. The van der Waals surface area contributed by atoms with Crippen LogP contribution in [0.2, 0.25) is 0 Å². The SMILES string of the molecule is CCOC(C)CNC(=O)CNCCOC. The average Bonchev–Trinajstić information content (AvgIpc) is 2.22. The molecule has 90 valence electrons. The van der Waals surface area contributed by atoms with Crippen LogP contribution in [0, 0.1) is 0 Å². The number of hydrogen-bond acceptors (Lipinski definition) is 4. The molecule has 0 aromatic carbocycles. The van der Waals surface area contributed by atoms with Crippen LogP contribution in [-0.4, -0.2) is 52.0 Å². The first-order chi connectivity index (χ1) is 7.20. The molecule has 1 unspecified atom stereocenters. The molecular weight excluding hydrogens is 196 g/mol. The molecule has 0 rings (SSSR count). The third-order valence-corrected chi connectivity index (χ3v) is 1.81. The van der Waals surface area contributed by atoms with Crippen molar-refractivity contribution >= 4 is 5.91 Å². The van der Waals surface area contributed by atoms with Gasteiger partial charge in [0.1, 0.15) is 0 Å². The standard InChI is InChI=1S/C10H22N2O3/c1-4-15-9(2)7-12-10(13)8-11-5-6-14-3/h9,11H,4-8H2,1-3H3,(H,12,13). The number of carbonyl (C=O) groups is 1. The molecule has 1 amide bonds. The largest absolute Gasteiger partial charge is 0.383 e. The zero-order chi connectivity index (χ0) is 11.5. The van der Waals surface area contributed by atoms with Crippen molar-refractivity contribution in [3.8, 4) is 0 Å². The fourth-order valence-electron chi connectivity index (χ4n) is 1.04. The lowest BCUT2D eigenvalue weighted by Crippen LogP contribution is -2.38. The van der Waals surface area contributed by atoms with Crippen molar-refractivity contribution in [1.82, 2.24) is 10.6 Å². The summed E-state index contributed by atoms with van der Waals surface area (Å²) in [6.45, 7) is 6.71. The molecule has 0 aliphatic carbocycles. The Kier molecular flexibility index (Phi) is 9.46. The predicted molar refractivity (Wildman–Crippen MR) is 58.8 cm³/mol. The maximum atomic E-state index is 11.2. The minimum atomic E-state index is -0.0161. The third kappa shape index (κ3) is 9.65. The minimum absolute atomic E-state index is 0.0161. The molecule has 0 aliphatic rings. The highest BCUT2D eigenvalue weighted by Crippen LogP contribution is 1.86. The number of ether oxygens (including phenoxy) is 2. The van der Waals surface area contributed by atoms with Gasteiger partial charge in [0.2, 0.25) is 5.91 Å². The van der Waals surface area contributed by atoms with E-state index in [0.717, 1.165) is 0 Å². The summed E-state index contributed by atoms with van der Waals surface area (Å²) in [4.78, 5) is 11.2. The van der Waals surface area contributed by atoms with E-state index in [1.165, 1.54) is 0 Å². The molecule has 2 N–H and O–H groups in total. The molecule has 0 saturated carbocycles. The average molecular weight is 218 g/mol. The lowest BCUT2D eigenvalue weighted by molar-refractivity contribution is -0.120. The van der Waals surface area contributed by atoms with Crippen LogP contribution in [0.25, 0.3) is 0 Å². The Morgan fingerprint density at radius 2 is 2.20 bits per heavy atom. The number of hydrogen-bond donors (Lipinski definition) is 2. The molecule has 0 bridgehead atoms. The van der Waals surface area contributed by atoms with E-state index < -0.39 is 0 Å². The third-order valence-electron chi connectivity index (χ3n) is 1.81. The Morgan fingerprint density at radius 3 is 2.80 bits per heavy atom. The van der Waals surface area contributed by atoms with E-state index in [2.05, 4.69) is 10.6 Å². The van der Waals surface area contributed by atoms with Crippen LogP contribution in [0.15, 0.2) is 0 Å². The summed E-state index contributed by atoms with van der Waals surface area (Å²) in [6, 6.07) is 0. The maximum absolute atomic E-state index is 11.2. The van der Waals surface area contributed by atoms with Crippen LogP contribution in [0.1, 0.15) is 13.8 Å². The van der Waals surface area contributed by atoms with Crippen molar-refractivity contribution in [2.45, 2.75) is 20.0 Å². The summed E-state index contributed by atoms with van der Waals surface area (Å²) in [5, 5.41) is 5.74. The molecule has 0 radical (unpaired) electrons. The van der Waals surface area contributed by atoms with Gasteiger partial charge < -0.3 is 20.1 Å². The summed E-state index contributed by atoms with van der Waals surface area (Å²) in [5.74, 6) is -0.0161. The minimum Gasteiger partial charge on any atom is -0.383 e. The molecule has 0 spiro atoms. The second-order valence-corrected chi connectivity index (χ2v) is 3.24. The van der Waals surface area contributed by atoms with Crippen molar-refractivity contribution in [1.29, 1.82) is 0 Å². The monoisotopic (exact) mass is 218 g/mol. The van der Waals surface area contributed by atoms with Gasteiger partial charge in [-0.05, 0) is 13.8 Å². The summed E-state index contributed by atoms with van der Waals surface area (Å²) >= 11 is 0. The second kappa shape index (κ2) is 9.89. The Hall–Kier alpha value is -0.650. The predicted octanol–water partition coefficient (Wildman–Crippen LogP) is -0.236. The molecule has 0 aromatic heterocycles. The Labute approximate surface area is 91.5 Å². The molecule has 5 heteroatoms. The van der Waals surface area contributed by atoms with Gasteiger partial charge in [0, 0.05) is 26.8 Å². The van der Waals surface area contributed by atoms with Crippen molar-refractivity contribution < 1.29 is 14.3 Å². The van der Waals surface area contributed by atoms with E-state index >= 15 is 0 Å². The van der Waals surface area contributed by atoms with Gasteiger partial charge in [-0.3, -0.25) is 4.79 Å². The van der Waals surface area contributed by atoms with E-state index in [4.69, 9.17) is 9.47 Å². The van der Waals surface area contributed by atoms with Gasteiger partial charge in [-0.1, -0.05) is 0 Å². The molecule has 0 heterocycles. The van der Waals surface area contributed by atoms with Crippen LogP contribution in [-0.2, 0) is 14.3 Å². The van der Waals surface area contributed by atoms with Gasteiger partial charge in [0.15, 0.2) is 0 Å². The van der Waals surface area contributed by atoms with Crippen LogP contribution in [0.3, 0.4) is 0 Å². The number of rotatable bonds is 9. The first-order valence-corrected chi connectivity index (χ1v) is 5.28. The van der Waals surface area contributed by atoms with Crippen LogP contribution >= 0.6 is 0 Å². The lowest BCUT2D eigenvalue weighted by atomic mass is 10.4. The molecule has 0 aromatic rings. The highest BCUT2D eigenvalue weighted by atomic mass is 16.5. The highest BCUT2D eigenvalue weighted by Gasteiger charge is 2.04. The normalized spacial score (nSPS) is 12.5. The topological polar surface area (TPSA) is 59.6 Å². The number of methoxy groups -OCH3 is 1. The van der Waals surface area contributed by atoms with E-state index in [1.807, 2.05) is 13.8 Å². The van der Waals surface area contributed by atoms with Crippen molar-refractivity contribution in [3.63, 3.8) is 0 Å². The zero-order valence-corrected chi connectivity index (χ0v) is 9.84. The smallest absolute Gasteiger partial charge is 0.234 e. The summed E-state index contributed by atoms with van der Waals surface area (Å²) in [7, 11) is 1.63. The van der Waals surface area contributed by atoms with E-state index in [-0.39, 0.29) is 12.0 Å². The Balaban J connectivity index is 3.32. The fraction of sp³-hybridized carbons (Fsp3) is 0.900. The van der Waals surface area contributed by atoms with E-state index in [9.17, 15) is 4.79 Å². The summed E-state index contributed by atoms with van der Waals surface area (Å²) in [5.41, 5.74) is 0. The van der Waals surface area contributed by atoms with Gasteiger partial charge in [0.05, 0.1) is 19.3 Å². The number of nitrogens with one attached hydrogen (secondary N) is 2. The summed E-state index contributed by atoms with van der Waals surface area (Å²) < 4.78 is 10.1. The van der Waals surface area contributed by atoms with Gasteiger partial charge in [-0.2, -0.15) is 0 Å². The Morgan fingerprint density at radius 1 is 1.47 bits per heavy atom. The molecule has 0 aliphatic heterocycles. The molecular formula is C10H22N2O3. The van der Waals surface area contributed by atoms with E-state index in [1.54, 1.807) is 7.11 Å².